The Morgan fingerprint density at radius 2 is 1.21 bits per heavy atom. The Morgan fingerprint density at radius 3 is 1.79 bits per heavy atom. The van der Waals surface area contributed by atoms with E-state index in [1.807, 2.05) is 0 Å². The standard InChI is InChI=1S/C36H60O6/c1-20(2)26(21(3)4)12-11-22(5)28-13-14-29-27-17-32(40-23(6)37)31-18-33(41-24(7)38)34(42-25(8)39)19-36(31,10)30(27)15-16-35(28,29)9/h20-22,26-34H,11-19H2,1-10H3/t22?,27?,28?,29?,30?,31?,32-,33-,34-,35?,36?/m0/s1. The second kappa shape index (κ2) is 12.8. The highest BCUT2D eigenvalue weighted by atomic mass is 16.6. The molecule has 0 aromatic carbocycles. The van der Waals surface area contributed by atoms with Crippen LogP contribution in [0.3, 0.4) is 0 Å². The molecule has 6 nitrogen and oxygen atoms in total. The zero-order valence-corrected chi connectivity index (χ0v) is 28.2. The third-order valence-corrected chi connectivity index (χ3v) is 13.0. The maximum Gasteiger partial charge on any atom is 0.303 e. The van der Waals surface area contributed by atoms with Crippen molar-refractivity contribution in [1.29, 1.82) is 0 Å². The average molecular weight is 589 g/mol. The van der Waals surface area contributed by atoms with Crippen LogP contribution in [0, 0.1) is 64.1 Å². The molecular formula is C36H60O6. The van der Waals surface area contributed by atoms with Crippen LogP contribution in [-0.2, 0) is 28.6 Å². The van der Waals surface area contributed by atoms with Gasteiger partial charge in [-0.3, -0.25) is 14.4 Å². The molecular weight excluding hydrogens is 528 g/mol. The van der Waals surface area contributed by atoms with Crippen molar-refractivity contribution in [2.45, 2.75) is 145 Å². The summed E-state index contributed by atoms with van der Waals surface area (Å²) in [5, 5.41) is 0. The summed E-state index contributed by atoms with van der Waals surface area (Å²) < 4.78 is 17.7. The number of carbonyl (C=O) groups is 3. The average Bonchev–Trinajstić information content (AvgIpc) is 3.21. The van der Waals surface area contributed by atoms with Gasteiger partial charge in [-0.2, -0.15) is 0 Å². The molecule has 0 amide bonds. The first-order valence-electron chi connectivity index (χ1n) is 17.1. The molecule has 0 N–H and O–H groups in total. The number of carbonyl (C=O) groups excluding carboxylic acids is 3. The number of hydrogen-bond acceptors (Lipinski definition) is 6. The molecule has 4 saturated carbocycles. The van der Waals surface area contributed by atoms with Crippen molar-refractivity contribution in [3.63, 3.8) is 0 Å². The summed E-state index contributed by atoms with van der Waals surface area (Å²) in [7, 11) is 0. The third-order valence-electron chi connectivity index (χ3n) is 13.0. The van der Waals surface area contributed by atoms with Crippen LogP contribution in [0.5, 0.6) is 0 Å². The normalized spacial score (nSPS) is 40.2. The Morgan fingerprint density at radius 1 is 0.667 bits per heavy atom. The molecule has 0 aromatic heterocycles. The zero-order valence-electron chi connectivity index (χ0n) is 28.2. The van der Waals surface area contributed by atoms with Gasteiger partial charge in [-0.1, -0.05) is 54.9 Å². The van der Waals surface area contributed by atoms with Gasteiger partial charge >= 0.3 is 17.9 Å². The summed E-state index contributed by atoms with van der Waals surface area (Å²) in [5.41, 5.74) is 0.145. The molecule has 8 unspecified atom stereocenters. The summed E-state index contributed by atoms with van der Waals surface area (Å²) in [4.78, 5) is 36.5. The van der Waals surface area contributed by atoms with Gasteiger partial charge in [0.2, 0.25) is 0 Å². The molecule has 0 bridgehead atoms. The molecule has 4 fully saturated rings. The molecule has 0 heterocycles. The minimum atomic E-state index is -0.509. The van der Waals surface area contributed by atoms with Gasteiger partial charge in [0, 0.05) is 26.7 Å². The second-order valence-corrected chi connectivity index (χ2v) is 16.0. The van der Waals surface area contributed by atoms with Crippen LogP contribution >= 0.6 is 0 Å². The Bertz CT molecular complexity index is 981. The number of fused-ring (bicyclic) bond motifs is 5. The molecule has 0 aromatic rings. The fraction of sp³-hybridized carbons (Fsp3) is 0.917. The lowest BCUT2D eigenvalue weighted by Crippen LogP contribution is -2.62. The fourth-order valence-corrected chi connectivity index (χ4v) is 11.3. The van der Waals surface area contributed by atoms with Gasteiger partial charge < -0.3 is 14.2 Å². The van der Waals surface area contributed by atoms with E-state index in [0.717, 1.165) is 36.5 Å². The zero-order chi connectivity index (χ0) is 31.1. The number of esters is 3. The summed E-state index contributed by atoms with van der Waals surface area (Å²) in [6, 6.07) is 0. The van der Waals surface area contributed by atoms with E-state index in [0.29, 0.717) is 41.9 Å². The van der Waals surface area contributed by atoms with Crippen molar-refractivity contribution < 1.29 is 28.6 Å². The number of hydrogen-bond donors (Lipinski definition) is 0. The van der Waals surface area contributed by atoms with E-state index < -0.39 is 12.2 Å². The van der Waals surface area contributed by atoms with Crippen LogP contribution in [0.25, 0.3) is 0 Å². The van der Waals surface area contributed by atoms with Gasteiger partial charge in [-0.15, -0.1) is 0 Å². The van der Waals surface area contributed by atoms with Crippen molar-refractivity contribution in [3.8, 4) is 0 Å². The lowest BCUT2D eigenvalue weighted by molar-refractivity contribution is -0.219. The predicted octanol–water partition coefficient (Wildman–Crippen LogP) is 8.00. The van der Waals surface area contributed by atoms with E-state index in [9.17, 15) is 14.4 Å². The van der Waals surface area contributed by atoms with Gasteiger partial charge in [0.15, 0.2) is 0 Å². The van der Waals surface area contributed by atoms with E-state index in [1.54, 1.807) is 0 Å². The van der Waals surface area contributed by atoms with Crippen molar-refractivity contribution >= 4 is 17.9 Å². The maximum atomic E-state index is 12.4. The van der Waals surface area contributed by atoms with Gasteiger partial charge in [-0.05, 0) is 110 Å². The van der Waals surface area contributed by atoms with Crippen molar-refractivity contribution in [2.24, 2.45) is 64.1 Å². The molecule has 4 aliphatic carbocycles. The molecule has 11 atom stereocenters. The van der Waals surface area contributed by atoms with Crippen LogP contribution in [0.15, 0.2) is 0 Å². The van der Waals surface area contributed by atoms with Crippen molar-refractivity contribution in [3.05, 3.63) is 0 Å². The number of rotatable bonds is 9. The SMILES string of the molecule is CC(=O)O[C@H]1CC2C3CCC(C(C)CCC(C(C)C)C(C)C)C3(C)CCC2C2(C)C[C@H](OC(C)=O)[C@@H](OC(C)=O)CC12. The van der Waals surface area contributed by atoms with E-state index >= 15 is 0 Å². The van der Waals surface area contributed by atoms with Gasteiger partial charge in [0.05, 0.1) is 0 Å². The Kier molecular flexibility index (Phi) is 10.1. The minimum Gasteiger partial charge on any atom is -0.462 e. The van der Waals surface area contributed by atoms with Gasteiger partial charge in [0.25, 0.3) is 0 Å². The van der Waals surface area contributed by atoms with Crippen LogP contribution < -0.4 is 0 Å². The van der Waals surface area contributed by atoms with E-state index in [-0.39, 0.29) is 35.3 Å². The Hall–Kier alpha value is -1.59. The summed E-state index contributed by atoms with van der Waals surface area (Å²) in [6.07, 6.45) is 8.46. The second-order valence-electron chi connectivity index (χ2n) is 16.0. The quantitative estimate of drug-likeness (QED) is 0.201. The van der Waals surface area contributed by atoms with E-state index in [2.05, 4.69) is 48.5 Å². The first-order chi connectivity index (χ1) is 19.6. The largest absolute Gasteiger partial charge is 0.462 e. The molecule has 42 heavy (non-hydrogen) atoms. The van der Waals surface area contributed by atoms with E-state index in [1.165, 1.54) is 52.9 Å². The molecule has 0 spiro atoms. The van der Waals surface area contributed by atoms with Crippen molar-refractivity contribution in [2.75, 3.05) is 0 Å². The first-order valence-corrected chi connectivity index (χ1v) is 17.1. The van der Waals surface area contributed by atoms with E-state index in [4.69, 9.17) is 14.2 Å². The summed E-state index contributed by atoms with van der Waals surface area (Å²) in [6.45, 7) is 21.3. The van der Waals surface area contributed by atoms with Crippen LogP contribution in [0.4, 0.5) is 0 Å². The first kappa shape index (κ1) is 33.3. The van der Waals surface area contributed by atoms with Gasteiger partial charge in [0.1, 0.15) is 18.3 Å². The highest BCUT2D eigenvalue weighted by Crippen LogP contribution is 2.69. The maximum absolute atomic E-state index is 12.4. The van der Waals surface area contributed by atoms with Gasteiger partial charge in [-0.25, -0.2) is 0 Å². The Balaban J connectivity index is 1.59. The smallest absolute Gasteiger partial charge is 0.303 e. The summed E-state index contributed by atoms with van der Waals surface area (Å²) in [5.74, 6) is 4.35. The molecule has 4 aliphatic rings. The monoisotopic (exact) mass is 588 g/mol. The van der Waals surface area contributed by atoms with Crippen LogP contribution in [-0.4, -0.2) is 36.2 Å². The highest BCUT2D eigenvalue weighted by Gasteiger charge is 2.64. The molecule has 0 aliphatic heterocycles. The molecule has 0 saturated heterocycles. The van der Waals surface area contributed by atoms with Crippen LogP contribution in [0.1, 0.15) is 127 Å². The molecule has 4 rings (SSSR count). The Labute approximate surface area is 255 Å². The molecule has 240 valence electrons. The molecule has 0 radical (unpaired) electrons. The lowest BCUT2D eigenvalue weighted by Gasteiger charge is -2.63. The van der Waals surface area contributed by atoms with Crippen molar-refractivity contribution in [1.82, 2.24) is 0 Å². The van der Waals surface area contributed by atoms with Crippen LogP contribution in [0.2, 0.25) is 0 Å². The summed E-state index contributed by atoms with van der Waals surface area (Å²) >= 11 is 0. The fourth-order valence-electron chi connectivity index (χ4n) is 11.3. The number of ether oxygens (including phenoxy) is 3. The topological polar surface area (TPSA) is 78.9 Å². The predicted molar refractivity (Wildman–Crippen MR) is 164 cm³/mol. The molecule has 6 heteroatoms. The third kappa shape index (κ3) is 6.43. The highest BCUT2D eigenvalue weighted by molar-refractivity contribution is 5.67. The minimum absolute atomic E-state index is 0.0725. The lowest BCUT2D eigenvalue weighted by atomic mass is 9.43.